The molecule has 2 aromatic rings. The minimum atomic E-state index is -1.29. The van der Waals surface area contributed by atoms with E-state index in [1.807, 2.05) is 0 Å². The van der Waals surface area contributed by atoms with E-state index in [-0.39, 0.29) is 11.3 Å². The molecule has 0 aliphatic carbocycles. The summed E-state index contributed by atoms with van der Waals surface area (Å²) in [6.07, 6.45) is 2.83. The number of nitro groups is 1. The molecule has 0 saturated heterocycles. The summed E-state index contributed by atoms with van der Waals surface area (Å²) in [5.74, 6) is -1.29. The number of carboxylic acid groups (broad SMARTS) is 1. The Morgan fingerprint density at radius 1 is 1.33 bits per heavy atom. The molecule has 1 heterocycles. The highest BCUT2D eigenvalue weighted by atomic mass is 16.6. The zero-order valence-electron chi connectivity index (χ0n) is 16.9. The molecule has 9 heteroatoms. The van der Waals surface area contributed by atoms with E-state index in [2.05, 4.69) is 16.9 Å². The van der Waals surface area contributed by atoms with Gasteiger partial charge in [0.25, 0.3) is 5.69 Å². The van der Waals surface area contributed by atoms with Crippen LogP contribution in [0.25, 0.3) is 11.1 Å². The molecule has 30 heavy (non-hydrogen) atoms. The Bertz CT molecular complexity index is 981. The molecular weight excluding hydrogens is 390 g/mol. The van der Waals surface area contributed by atoms with Crippen molar-refractivity contribution in [3.8, 4) is 11.1 Å². The zero-order chi connectivity index (χ0) is 22.5. The summed E-state index contributed by atoms with van der Waals surface area (Å²) in [7, 11) is 0. The van der Waals surface area contributed by atoms with Crippen LogP contribution in [-0.2, 0) is 4.74 Å². The lowest BCUT2D eigenvalue weighted by Crippen LogP contribution is -2.35. The molecule has 1 atom stereocenters. The molecule has 1 aromatic heterocycles. The van der Waals surface area contributed by atoms with Crippen molar-refractivity contribution < 1.29 is 24.4 Å². The Labute approximate surface area is 173 Å². The van der Waals surface area contributed by atoms with E-state index in [9.17, 15) is 24.8 Å². The fourth-order valence-corrected chi connectivity index (χ4v) is 2.75. The topological polar surface area (TPSA) is 132 Å². The van der Waals surface area contributed by atoms with Crippen LogP contribution in [0, 0.1) is 10.1 Å². The molecule has 1 aromatic carbocycles. The summed E-state index contributed by atoms with van der Waals surface area (Å²) in [5.41, 5.74) is 0.0581. The van der Waals surface area contributed by atoms with Crippen LogP contribution in [-0.4, -0.2) is 32.7 Å². The Balaban J connectivity index is 2.43. The molecule has 1 unspecified atom stereocenters. The largest absolute Gasteiger partial charge is 0.478 e. The maximum atomic E-state index is 12.2. The Kier molecular flexibility index (Phi) is 6.89. The van der Waals surface area contributed by atoms with Crippen LogP contribution in [0.5, 0.6) is 0 Å². The van der Waals surface area contributed by atoms with Crippen LogP contribution in [0.2, 0.25) is 0 Å². The third-order valence-electron chi connectivity index (χ3n) is 3.99. The molecule has 0 aliphatic rings. The Hall–Kier alpha value is -3.75. The van der Waals surface area contributed by atoms with Gasteiger partial charge in [0.05, 0.1) is 22.2 Å². The van der Waals surface area contributed by atoms with Crippen molar-refractivity contribution in [1.82, 2.24) is 10.3 Å². The van der Waals surface area contributed by atoms with Crippen LogP contribution in [0.15, 0.2) is 49.2 Å². The minimum absolute atomic E-state index is 0.207. The van der Waals surface area contributed by atoms with Crippen LogP contribution < -0.4 is 5.32 Å². The number of pyridine rings is 1. The first-order valence-electron chi connectivity index (χ1n) is 9.10. The first-order valence-corrected chi connectivity index (χ1v) is 9.10. The van der Waals surface area contributed by atoms with Crippen molar-refractivity contribution in [3.63, 3.8) is 0 Å². The average molecular weight is 413 g/mol. The minimum Gasteiger partial charge on any atom is -0.478 e. The lowest BCUT2D eigenvalue weighted by Gasteiger charge is -2.23. The molecular formula is C21H23N3O6. The number of rotatable bonds is 7. The normalized spacial score (nSPS) is 12.0. The van der Waals surface area contributed by atoms with E-state index in [4.69, 9.17) is 4.74 Å². The average Bonchev–Trinajstić information content (AvgIpc) is 2.65. The summed E-state index contributed by atoms with van der Waals surface area (Å²) in [5, 5.41) is 23.2. The van der Waals surface area contributed by atoms with Crippen molar-refractivity contribution in [2.75, 3.05) is 0 Å². The number of hydrogen-bond acceptors (Lipinski definition) is 6. The number of nitrogens with zero attached hydrogens (tertiary/aromatic N) is 2. The van der Waals surface area contributed by atoms with Gasteiger partial charge in [0.2, 0.25) is 0 Å². The van der Waals surface area contributed by atoms with Crippen LogP contribution in [0.4, 0.5) is 10.5 Å². The molecule has 0 bridgehead atoms. The van der Waals surface area contributed by atoms with Crippen molar-refractivity contribution in [2.24, 2.45) is 0 Å². The molecule has 0 radical (unpaired) electrons. The van der Waals surface area contributed by atoms with Gasteiger partial charge in [-0.05, 0) is 56.5 Å². The highest BCUT2D eigenvalue weighted by molar-refractivity contribution is 5.96. The second kappa shape index (κ2) is 9.17. The summed E-state index contributed by atoms with van der Waals surface area (Å²) in [4.78, 5) is 38.4. The Morgan fingerprint density at radius 2 is 2.03 bits per heavy atom. The number of carbonyl (C=O) groups is 2. The Morgan fingerprint density at radius 3 is 2.60 bits per heavy atom. The number of carbonyl (C=O) groups excluding carboxylic acids is 1. The molecule has 0 aliphatic heterocycles. The maximum absolute atomic E-state index is 12.2. The number of non-ortho nitro benzene ring substituents is 1. The first kappa shape index (κ1) is 22.5. The number of hydrogen-bond donors (Lipinski definition) is 2. The predicted octanol–water partition coefficient (Wildman–Crippen LogP) is 4.50. The molecule has 2 N–H and O–H groups in total. The number of amides is 1. The summed E-state index contributed by atoms with van der Waals surface area (Å²) in [6.45, 7) is 8.93. The highest BCUT2D eigenvalue weighted by Gasteiger charge is 2.22. The molecule has 2 rings (SSSR count). The van der Waals surface area contributed by atoms with Crippen LogP contribution in [0.1, 0.15) is 49.3 Å². The quantitative estimate of drug-likeness (QED) is 0.388. The number of alkyl carbamates (subject to hydrolysis) is 1. The van der Waals surface area contributed by atoms with Gasteiger partial charge < -0.3 is 15.2 Å². The third-order valence-corrected chi connectivity index (χ3v) is 3.99. The van der Waals surface area contributed by atoms with Crippen molar-refractivity contribution in [2.45, 2.75) is 38.8 Å². The second-order valence-corrected chi connectivity index (χ2v) is 7.48. The van der Waals surface area contributed by atoms with E-state index in [1.165, 1.54) is 18.3 Å². The van der Waals surface area contributed by atoms with Gasteiger partial charge in [-0.3, -0.25) is 15.1 Å². The van der Waals surface area contributed by atoms with Gasteiger partial charge in [-0.2, -0.15) is 0 Å². The van der Waals surface area contributed by atoms with Gasteiger partial charge in [-0.15, -0.1) is 6.58 Å². The van der Waals surface area contributed by atoms with Gasteiger partial charge in [-0.25, -0.2) is 9.59 Å². The zero-order valence-corrected chi connectivity index (χ0v) is 16.9. The van der Waals surface area contributed by atoms with Gasteiger partial charge in [-0.1, -0.05) is 6.08 Å². The molecule has 0 saturated carbocycles. The second-order valence-electron chi connectivity index (χ2n) is 7.48. The number of benzene rings is 1. The fraction of sp³-hybridized carbons (Fsp3) is 0.286. The van der Waals surface area contributed by atoms with Gasteiger partial charge in [0.15, 0.2) is 0 Å². The SMILES string of the molecule is C=CCC(NC(=O)OC(C)(C)C)c1cc(-c2ccc([N+](=O)[O-])cc2C(=O)O)ccn1. The number of carboxylic acids is 1. The number of nitrogens with one attached hydrogen (secondary N) is 1. The highest BCUT2D eigenvalue weighted by Crippen LogP contribution is 2.29. The number of aromatic carboxylic acids is 1. The molecule has 158 valence electrons. The summed E-state index contributed by atoms with van der Waals surface area (Å²) < 4.78 is 5.28. The van der Waals surface area contributed by atoms with Crippen LogP contribution in [0.3, 0.4) is 0 Å². The maximum Gasteiger partial charge on any atom is 0.408 e. The monoisotopic (exact) mass is 413 g/mol. The number of nitro benzene ring substituents is 1. The smallest absolute Gasteiger partial charge is 0.408 e. The van der Waals surface area contributed by atoms with E-state index >= 15 is 0 Å². The molecule has 0 fully saturated rings. The van der Waals surface area contributed by atoms with Gasteiger partial charge in [0, 0.05) is 18.3 Å². The predicted molar refractivity (Wildman–Crippen MR) is 110 cm³/mol. The van der Waals surface area contributed by atoms with Crippen LogP contribution >= 0.6 is 0 Å². The number of ether oxygens (including phenoxy) is 1. The molecule has 1 amide bonds. The van der Waals surface area contributed by atoms with E-state index in [0.717, 1.165) is 6.07 Å². The lowest BCUT2D eigenvalue weighted by atomic mass is 9.97. The molecule has 0 spiro atoms. The van der Waals surface area contributed by atoms with Gasteiger partial charge >= 0.3 is 12.1 Å². The van der Waals surface area contributed by atoms with Crippen molar-refractivity contribution in [3.05, 3.63) is 70.6 Å². The first-order chi connectivity index (χ1) is 14.0. The lowest BCUT2D eigenvalue weighted by molar-refractivity contribution is -0.384. The third kappa shape index (κ3) is 5.87. The van der Waals surface area contributed by atoms with Gasteiger partial charge in [0.1, 0.15) is 5.60 Å². The number of aromatic nitrogens is 1. The standard InChI is InChI=1S/C21H23N3O6/c1-5-6-17(23-20(27)30-21(2,3)4)18-11-13(9-10-22-18)15-8-7-14(24(28)29)12-16(15)19(25)26/h5,7-12,17H,1,6H2,2-4H3,(H,23,27)(H,25,26). The molecule has 9 nitrogen and oxygen atoms in total. The van der Waals surface area contributed by atoms with Crippen molar-refractivity contribution >= 4 is 17.7 Å². The fourth-order valence-electron chi connectivity index (χ4n) is 2.75. The summed E-state index contributed by atoms with van der Waals surface area (Å²) in [6, 6.07) is 6.29. The van der Waals surface area contributed by atoms with E-state index in [1.54, 1.807) is 39.0 Å². The van der Waals surface area contributed by atoms with E-state index < -0.39 is 28.6 Å². The van der Waals surface area contributed by atoms with Crippen molar-refractivity contribution in [1.29, 1.82) is 0 Å². The van der Waals surface area contributed by atoms with E-state index in [0.29, 0.717) is 23.2 Å². The summed E-state index contributed by atoms with van der Waals surface area (Å²) >= 11 is 0.